The third-order valence-corrected chi connectivity index (χ3v) is 11.4. The molecule has 14 heteroatoms. The maximum atomic E-state index is 13.9. The van der Waals surface area contributed by atoms with E-state index in [1.165, 1.54) is 40.5 Å². The lowest BCUT2D eigenvalue weighted by molar-refractivity contribution is -0.128. The molecule has 2 aromatic carbocycles. The Hall–Kier alpha value is -2.45. The van der Waals surface area contributed by atoms with Crippen molar-refractivity contribution in [2.24, 2.45) is 5.41 Å². The van der Waals surface area contributed by atoms with Crippen molar-refractivity contribution in [3.8, 4) is 5.75 Å². The van der Waals surface area contributed by atoms with Crippen LogP contribution in [0.1, 0.15) is 36.0 Å². The number of hydrogen-bond acceptors (Lipinski definition) is 7. The zero-order valence-corrected chi connectivity index (χ0v) is 29.5. The molecular weight excluding hydrogens is 661 g/mol. The molecule has 1 aliphatic rings. The molecule has 237 valence electrons. The Morgan fingerprint density at radius 2 is 1.82 bits per heavy atom. The van der Waals surface area contributed by atoms with E-state index in [-0.39, 0.29) is 45.3 Å². The first-order chi connectivity index (χ1) is 20.6. The zero-order valence-electron chi connectivity index (χ0n) is 25.4. The van der Waals surface area contributed by atoms with E-state index in [1.54, 1.807) is 29.6 Å². The average Bonchev–Trinajstić information content (AvgIpc) is 3.32. The second-order valence-corrected chi connectivity index (χ2v) is 17.5. The van der Waals surface area contributed by atoms with Crippen LogP contribution in [0, 0.1) is 5.41 Å². The predicted octanol–water partition coefficient (Wildman–Crippen LogP) is 6.08. The lowest BCUT2D eigenvalue weighted by atomic mass is 9.89. The van der Waals surface area contributed by atoms with Crippen LogP contribution in [0.2, 0.25) is 23.1 Å². The monoisotopic (exact) mass is 696 g/mol. The van der Waals surface area contributed by atoms with E-state index in [4.69, 9.17) is 32.4 Å². The SMILES string of the molecule is CN(Cc1csc(C(=O)N2CC(C(=O)NCC(O[Si](C)C)C(C)(C)C)Oc3ccccc32)c1Cl)S(=O)(=O)c1ccc(Cl)cc1. The van der Waals surface area contributed by atoms with Crippen LogP contribution in [0.3, 0.4) is 0 Å². The molecule has 2 heterocycles. The standard InChI is InChI=1S/C30H36Cl2N3O6S2Si/c1-30(2,3)25(41-44(5)6)15-33-28(36)24-17-35(22-9-7-8-10-23(22)40-24)29(37)27-26(32)19(18-42-27)16-34(4)43(38,39)21-13-11-20(31)12-14-21/h7-14,18,24-25H,15-17H2,1-6H3,(H,33,36). The molecule has 1 radical (unpaired) electrons. The maximum Gasteiger partial charge on any atom is 0.270 e. The Morgan fingerprint density at radius 3 is 2.45 bits per heavy atom. The third-order valence-electron chi connectivity index (χ3n) is 7.03. The van der Waals surface area contributed by atoms with E-state index >= 15 is 0 Å². The highest BCUT2D eigenvalue weighted by atomic mass is 35.5. The summed E-state index contributed by atoms with van der Waals surface area (Å²) in [5.41, 5.74) is 0.805. The summed E-state index contributed by atoms with van der Waals surface area (Å²) in [7, 11) is -3.39. The minimum absolute atomic E-state index is 0.0340. The predicted molar refractivity (Wildman–Crippen MR) is 177 cm³/mol. The molecular formula is C30H36Cl2N3O6S2Si. The van der Waals surface area contributed by atoms with E-state index in [2.05, 4.69) is 26.1 Å². The van der Waals surface area contributed by atoms with Gasteiger partial charge in [-0.05, 0) is 65.9 Å². The highest BCUT2D eigenvalue weighted by molar-refractivity contribution is 7.89. The summed E-state index contributed by atoms with van der Waals surface area (Å²) < 4.78 is 39.5. The van der Waals surface area contributed by atoms with Crippen LogP contribution < -0.4 is 15.0 Å². The van der Waals surface area contributed by atoms with Crippen LogP contribution >= 0.6 is 34.5 Å². The Balaban J connectivity index is 1.52. The average molecular weight is 698 g/mol. The van der Waals surface area contributed by atoms with Gasteiger partial charge in [-0.1, -0.05) is 56.1 Å². The minimum atomic E-state index is -3.83. The molecule has 2 amide bonds. The number of nitrogens with one attached hydrogen (secondary N) is 1. The molecule has 2 atom stereocenters. The van der Waals surface area contributed by atoms with E-state index in [9.17, 15) is 18.0 Å². The van der Waals surface area contributed by atoms with Crippen LogP contribution in [-0.2, 0) is 25.8 Å². The Bertz CT molecular complexity index is 1610. The topological polar surface area (TPSA) is 105 Å². The van der Waals surface area contributed by atoms with Gasteiger partial charge in [0.25, 0.3) is 11.8 Å². The smallest absolute Gasteiger partial charge is 0.270 e. The van der Waals surface area contributed by atoms with Gasteiger partial charge in [-0.2, -0.15) is 4.31 Å². The maximum absolute atomic E-state index is 13.9. The Morgan fingerprint density at radius 1 is 1.16 bits per heavy atom. The number of halogens is 2. The Labute approximate surface area is 274 Å². The first-order valence-corrected chi connectivity index (χ1v) is 19.4. The number of benzene rings is 2. The number of ether oxygens (including phenoxy) is 1. The molecule has 9 nitrogen and oxygen atoms in total. The number of hydrogen-bond donors (Lipinski definition) is 1. The Kier molecular flexibility index (Phi) is 10.9. The van der Waals surface area contributed by atoms with Gasteiger partial charge in [0.1, 0.15) is 10.6 Å². The van der Waals surface area contributed by atoms with Crippen molar-refractivity contribution in [1.29, 1.82) is 0 Å². The summed E-state index contributed by atoms with van der Waals surface area (Å²) in [5, 5.41) is 5.21. The quantitative estimate of drug-likeness (QED) is 0.258. The number of carbonyl (C=O) groups is 2. The normalized spacial score (nSPS) is 16.0. The molecule has 2 unspecified atom stereocenters. The fourth-order valence-electron chi connectivity index (χ4n) is 4.54. The fourth-order valence-corrected chi connectivity index (χ4v) is 8.12. The van der Waals surface area contributed by atoms with E-state index in [0.29, 0.717) is 28.6 Å². The summed E-state index contributed by atoms with van der Waals surface area (Å²) in [6.07, 6.45) is -1.15. The van der Waals surface area contributed by atoms with Crippen LogP contribution in [0.5, 0.6) is 5.75 Å². The van der Waals surface area contributed by atoms with Gasteiger partial charge >= 0.3 is 0 Å². The zero-order chi connectivity index (χ0) is 32.4. The number of thiophene rings is 1. The van der Waals surface area contributed by atoms with Crippen molar-refractivity contribution < 1.29 is 27.2 Å². The van der Waals surface area contributed by atoms with Gasteiger partial charge in [0.05, 0.1) is 28.3 Å². The number of carbonyl (C=O) groups excluding carboxylic acids is 2. The van der Waals surface area contributed by atoms with Crippen molar-refractivity contribution in [2.75, 3.05) is 25.0 Å². The number of nitrogens with zero attached hydrogens (tertiary/aromatic N) is 2. The number of fused-ring (bicyclic) bond motifs is 1. The molecule has 1 aromatic heterocycles. The van der Waals surface area contributed by atoms with Crippen LogP contribution in [0.4, 0.5) is 5.69 Å². The highest BCUT2D eigenvalue weighted by Crippen LogP contribution is 2.37. The number of para-hydroxylation sites is 2. The van der Waals surface area contributed by atoms with Gasteiger partial charge in [0, 0.05) is 25.2 Å². The second kappa shape index (κ2) is 13.9. The molecule has 4 rings (SSSR count). The molecule has 0 aliphatic carbocycles. The van der Waals surface area contributed by atoms with Crippen molar-refractivity contribution in [1.82, 2.24) is 9.62 Å². The van der Waals surface area contributed by atoms with Crippen molar-refractivity contribution in [3.63, 3.8) is 0 Å². The number of amides is 2. The van der Waals surface area contributed by atoms with Crippen molar-refractivity contribution in [3.05, 3.63) is 74.4 Å². The second-order valence-electron chi connectivity index (χ2n) is 11.7. The molecule has 1 N–H and O–H groups in total. The summed E-state index contributed by atoms with van der Waals surface area (Å²) >= 11 is 13.7. The summed E-state index contributed by atoms with van der Waals surface area (Å²) in [6.45, 7) is 10.5. The summed E-state index contributed by atoms with van der Waals surface area (Å²) in [4.78, 5) is 29.1. The summed E-state index contributed by atoms with van der Waals surface area (Å²) in [5.74, 6) is -0.378. The minimum Gasteiger partial charge on any atom is -0.477 e. The van der Waals surface area contributed by atoms with Crippen LogP contribution in [-0.4, -0.2) is 65.9 Å². The molecule has 0 bridgehead atoms. The van der Waals surface area contributed by atoms with Gasteiger partial charge in [0.2, 0.25) is 19.1 Å². The molecule has 3 aromatic rings. The highest BCUT2D eigenvalue weighted by Gasteiger charge is 2.37. The molecule has 44 heavy (non-hydrogen) atoms. The largest absolute Gasteiger partial charge is 0.477 e. The molecule has 1 aliphatic heterocycles. The molecule has 0 saturated carbocycles. The van der Waals surface area contributed by atoms with E-state index in [1.807, 2.05) is 13.1 Å². The number of anilines is 1. The van der Waals surface area contributed by atoms with Crippen molar-refractivity contribution >= 4 is 71.1 Å². The van der Waals surface area contributed by atoms with Gasteiger partial charge in [-0.25, -0.2) is 8.42 Å². The molecule has 0 spiro atoms. The number of sulfonamides is 1. The van der Waals surface area contributed by atoms with Gasteiger partial charge < -0.3 is 14.5 Å². The lowest BCUT2D eigenvalue weighted by Gasteiger charge is -2.35. The first kappa shape index (κ1) is 34.4. The van der Waals surface area contributed by atoms with Gasteiger partial charge in [-0.3, -0.25) is 14.5 Å². The van der Waals surface area contributed by atoms with Gasteiger partial charge in [0.15, 0.2) is 6.10 Å². The lowest BCUT2D eigenvalue weighted by Crippen LogP contribution is -2.53. The van der Waals surface area contributed by atoms with Crippen LogP contribution in [0.25, 0.3) is 0 Å². The third kappa shape index (κ3) is 7.84. The van der Waals surface area contributed by atoms with Crippen molar-refractivity contribution in [2.45, 2.75) is 57.5 Å². The molecule has 0 fully saturated rings. The first-order valence-electron chi connectivity index (χ1n) is 13.9. The fraction of sp³-hybridized carbons (Fsp3) is 0.400. The van der Waals surface area contributed by atoms with Gasteiger partial charge in [-0.15, -0.1) is 11.3 Å². The van der Waals surface area contributed by atoms with E-state index in [0.717, 1.165) is 11.3 Å². The van der Waals surface area contributed by atoms with Crippen LogP contribution in [0.15, 0.2) is 58.8 Å². The van der Waals surface area contributed by atoms with E-state index < -0.39 is 31.1 Å². The number of rotatable bonds is 10. The molecule has 0 saturated heterocycles. The summed E-state index contributed by atoms with van der Waals surface area (Å²) in [6, 6.07) is 12.9.